The number of aliphatic carboxylic acids is 1. The Labute approximate surface area is 111 Å². The fourth-order valence-electron chi connectivity index (χ4n) is 1.57. The van der Waals surface area contributed by atoms with E-state index in [9.17, 15) is 17.6 Å². The number of carboxylic acids is 1. The Hall–Kier alpha value is -1.47. The minimum absolute atomic E-state index is 0.0777. The molecular weight excluding hydrogens is 273 g/mol. The quantitative estimate of drug-likeness (QED) is 0.862. The number of sulfonamides is 1. The van der Waals surface area contributed by atoms with Gasteiger partial charge in [-0.3, -0.25) is 4.79 Å². The summed E-state index contributed by atoms with van der Waals surface area (Å²) in [7, 11) is -4.02. The van der Waals surface area contributed by atoms with Crippen LogP contribution in [0.1, 0.15) is 13.8 Å². The van der Waals surface area contributed by atoms with Crippen molar-refractivity contribution in [1.82, 2.24) is 4.31 Å². The van der Waals surface area contributed by atoms with Crippen LogP contribution < -0.4 is 0 Å². The summed E-state index contributed by atoms with van der Waals surface area (Å²) in [4.78, 5) is 10.3. The van der Waals surface area contributed by atoms with Crippen LogP contribution in [0.15, 0.2) is 29.2 Å². The van der Waals surface area contributed by atoms with Crippen molar-refractivity contribution in [1.29, 1.82) is 0 Å². The van der Waals surface area contributed by atoms with Gasteiger partial charge in [-0.15, -0.1) is 0 Å². The lowest BCUT2D eigenvalue weighted by Gasteiger charge is -2.22. The molecule has 1 aromatic rings. The number of carbonyl (C=O) groups is 1. The molecule has 0 aliphatic rings. The Kier molecular flexibility index (Phi) is 5.02. The van der Waals surface area contributed by atoms with Crippen molar-refractivity contribution in [3.63, 3.8) is 0 Å². The Morgan fingerprint density at radius 3 is 2.47 bits per heavy atom. The van der Waals surface area contributed by atoms with Gasteiger partial charge in [-0.2, -0.15) is 4.31 Å². The predicted octanol–water partition coefficient (Wildman–Crippen LogP) is 1.56. The van der Waals surface area contributed by atoms with Crippen LogP contribution in [0.25, 0.3) is 0 Å². The van der Waals surface area contributed by atoms with E-state index in [1.807, 2.05) is 0 Å². The van der Waals surface area contributed by atoms with Crippen LogP contribution in [-0.2, 0) is 14.8 Å². The highest BCUT2D eigenvalue weighted by atomic mass is 32.2. The van der Waals surface area contributed by atoms with E-state index >= 15 is 0 Å². The van der Waals surface area contributed by atoms with Crippen LogP contribution in [0.3, 0.4) is 0 Å². The third-order valence-electron chi connectivity index (χ3n) is 2.71. The lowest BCUT2D eigenvalue weighted by atomic mass is 10.2. The smallest absolute Gasteiger partial charge is 0.307 e. The largest absolute Gasteiger partial charge is 0.481 e. The first-order valence-corrected chi connectivity index (χ1v) is 7.22. The molecule has 0 saturated carbocycles. The van der Waals surface area contributed by atoms with Gasteiger partial charge in [0.15, 0.2) is 0 Å². The fraction of sp³-hybridized carbons (Fsp3) is 0.417. The first-order valence-electron chi connectivity index (χ1n) is 5.78. The molecule has 106 valence electrons. The Bertz CT molecular complexity index is 559. The predicted molar refractivity (Wildman–Crippen MR) is 67.6 cm³/mol. The average Bonchev–Trinajstić information content (AvgIpc) is 2.35. The van der Waals surface area contributed by atoms with E-state index in [2.05, 4.69) is 0 Å². The van der Waals surface area contributed by atoms with Gasteiger partial charge in [-0.1, -0.05) is 26.0 Å². The molecule has 0 spiro atoms. The summed E-state index contributed by atoms with van der Waals surface area (Å²) < 4.78 is 39.0. The summed E-state index contributed by atoms with van der Waals surface area (Å²) in [6, 6.07) is 5.04. The van der Waals surface area contributed by atoms with Crippen molar-refractivity contribution < 1.29 is 22.7 Å². The topological polar surface area (TPSA) is 74.7 Å². The maximum atomic E-state index is 13.6. The first-order chi connectivity index (χ1) is 8.80. The van der Waals surface area contributed by atoms with E-state index < -0.39 is 32.6 Å². The molecule has 1 unspecified atom stereocenters. The zero-order chi connectivity index (χ0) is 14.6. The molecule has 0 saturated heterocycles. The summed E-state index contributed by atoms with van der Waals surface area (Å²) in [5, 5.41) is 8.82. The van der Waals surface area contributed by atoms with Crippen LogP contribution in [0.4, 0.5) is 4.39 Å². The van der Waals surface area contributed by atoms with Crippen LogP contribution in [0, 0.1) is 11.7 Å². The molecule has 0 radical (unpaired) electrons. The van der Waals surface area contributed by atoms with E-state index in [1.54, 1.807) is 6.92 Å². The molecule has 1 aromatic carbocycles. The van der Waals surface area contributed by atoms with Crippen molar-refractivity contribution >= 4 is 16.0 Å². The van der Waals surface area contributed by atoms with E-state index in [1.165, 1.54) is 25.1 Å². The number of benzene rings is 1. The summed E-state index contributed by atoms with van der Waals surface area (Å²) >= 11 is 0. The molecule has 0 fully saturated rings. The molecule has 0 bridgehead atoms. The van der Waals surface area contributed by atoms with E-state index in [4.69, 9.17) is 5.11 Å². The van der Waals surface area contributed by atoms with Gasteiger partial charge in [0.25, 0.3) is 0 Å². The van der Waals surface area contributed by atoms with Crippen molar-refractivity contribution in [3.05, 3.63) is 30.1 Å². The zero-order valence-corrected chi connectivity index (χ0v) is 11.5. The van der Waals surface area contributed by atoms with Crippen LogP contribution in [-0.4, -0.2) is 36.9 Å². The lowest BCUT2D eigenvalue weighted by molar-refractivity contribution is -0.141. The minimum Gasteiger partial charge on any atom is -0.481 e. The van der Waals surface area contributed by atoms with Gasteiger partial charge in [-0.05, 0) is 12.1 Å². The Morgan fingerprint density at radius 1 is 1.42 bits per heavy atom. The second-order valence-electron chi connectivity index (χ2n) is 4.13. The van der Waals surface area contributed by atoms with Gasteiger partial charge < -0.3 is 5.11 Å². The van der Waals surface area contributed by atoms with Crippen molar-refractivity contribution in [2.45, 2.75) is 18.7 Å². The third kappa shape index (κ3) is 3.51. The van der Waals surface area contributed by atoms with E-state index in [0.29, 0.717) is 0 Å². The highest BCUT2D eigenvalue weighted by Gasteiger charge is 2.28. The zero-order valence-electron chi connectivity index (χ0n) is 10.7. The highest BCUT2D eigenvalue weighted by molar-refractivity contribution is 7.89. The van der Waals surface area contributed by atoms with Crippen LogP contribution >= 0.6 is 0 Å². The molecule has 5 nitrogen and oxygen atoms in total. The Balaban J connectivity index is 3.10. The fourth-order valence-corrected chi connectivity index (χ4v) is 3.18. The van der Waals surface area contributed by atoms with Gasteiger partial charge >= 0.3 is 5.97 Å². The molecule has 19 heavy (non-hydrogen) atoms. The minimum atomic E-state index is -4.02. The lowest BCUT2D eigenvalue weighted by Crippen LogP contribution is -2.37. The standard InChI is InChI=1S/C12H16FNO4S/c1-3-14(8-9(2)12(15)16)19(17,18)11-7-5-4-6-10(11)13/h4-7,9H,3,8H2,1-2H3,(H,15,16). The molecule has 0 aliphatic carbocycles. The number of hydrogen-bond donors (Lipinski definition) is 1. The average molecular weight is 289 g/mol. The summed E-state index contributed by atoms with van der Waals surface area (Å²) in [5.41, 5.74) is 0. The first kappa shape index (κ1) is 15.6. The second kappa shape index (κ2) is 6.12. The Morgan fingerprint density at radius 2 is 2.00 bits per heavy atom. The molecular formula is C12H16FNO4S. The second-order valence-corrected chi connectivity index (χ2v) is 6.03. The number of hydrogen-bond acceptors (Lipinski definition) is 3. The highest BCUT2D eigenvalue weighted by Crippen LogP contribution is 2.19. The van der Waals surface area contributed by atoms with Gasteiger partial charge in [-0.25, -0.2) is 12.8 Å². The molecule has 0 aliphatic heterocycles. The number of nitrogens with zero attached hydrogens (tertiary/aromatic N) is 1. The van der Waals surface area contributed by atoms with E-state index in [0.717, 1.165) is 10.4 Å². The molecule has 1 N–H and O–H groups in total. The molecule has 7 heteroatoms. The van der Waals surface area contributed by atoms with Crippen molar-refractivity contribution in [2.24, 2.45) is 5.92 Å². The molecule has 1 rings (SSSR count). The maximum absolute atomic E-state index is 13.6. The molecule has 0 heterocycles. The van der Waals surface area contributed by atoms with E-state index in [-0.39, 0.29) is 13.1 Å². The maximum Gasteiger partial charge on any atom is 0.307 e. The normalized spacial score (nSPS) is 13.5. The van der Waals surface area contributed by atoms with Gasteiger partial charge in [0.1, 0.15) is 10.7 Å². The van der Waals surface area contributed by atoms with Gasteiger partial charge in [0.05, 0.1) is 5.92 Å². The molecule has 0 aromatic heterocycles. The number of carboxylic acid groups (broad SMARTS) is 1. The molecule has 1 atom stereocenters. The van der Waals surface area contributed by atoms with Crippen molar-refractivity contribution in [2.75, 3.05) is 13.1 Å². The third-order valence-corrected chi connectivity index (χ3v) is 4.68. The van der Waals surface area contributed by atoms with Gasteiger partial charge in [0.2, 0.25) is 10.0 Å². The van der Waals surface area contributed by atoms with Crippen LogP contribution in [0.2, 0.25) is 0 Å². The van der Waals surface area contributed by atoms with Crippen molar-refractivity contribution in [3.8, 4) is 0 Å². The van der Waals surface area contributed by atoms with Crippen LogP contribution in [0.5, 0.6) is 0 Å². The van der Waals surface area contributed by atoms with Gasteiger partial charge in [0, 0.05) is 13.1 Å². The number of rotatable bonds is 6. The summed E-state index contributed by atoms with van der Waals surface area (Å²) in [6.45, 7) is 2.87. The summed E-state index contributed by atoms with van der Waals surface area (Å²) in [6.07, 6.45) is 0. The monoisotopic (exact) mass is 289 g/mol. The summed E-state index contributed by atoms with van der Waals surface area (Å²) in [5.74, 6) is -2.80. The molecule has 0 amide bonds. The number of halogens is 1. The SMILES string of the molecule is CCN(CC(C)C(=O)O)S(=O)(=O)c1ccccc1F.